The number of carbonyl (C=O) groups excluding carboxylic acids is 1. The number of pyridine rings is 1. The summed E-state index contributed by atoms with van der Waals surface area (Å²) in [4.78, 5) is 22.2. The molecular formula is C20H20N4O. The van der Waals surface area contributed by atoms with Crippen molar-refractivity contribution in [3.05, 3.63) is 65.6 Å². The molecule has 126 valence electrons. The molecule has 0 spiro atoms. The monoisotopic (exact) mass is 332 g/mol. The van der Waals surface area contributed by atoms with E-state index in [0.29, 0.717) is 25.9 Å². The lowest BCUT2D eigenvalue weighted by Crippen LogP contribution is -2.33. The highest BCUT2D eigenvalue weighted by molar-refractivity contribution is 5.90. The number of rotatable bonds is 6. The van der Waals surface area contributed by atoms with Crippen LogP contribution in [0.25, 0.3) is 10.9 Å². The van der Waals surface area contributed by atoms with Crippen molar-refractivity contribution in [2.75, 3.05) is 6.54 Å². The molecule has 1 amide bonds. The van der Waals surface area contributed by atoms with Crippen LogP contribution in [0.4, 0.5) is 0 Å². The summed E-state index contributed by atoms with van der Waals surface area (Å²) in [7, 11) is 0. The van der Waals surface area contributed by atoms with Crippen LogP contribution in [0, 0.1) is 18.3 Å². The van der Waals surface area contributed by atoms with E-state index in [4.69, 9.17) is 5.26 Å². The summed E-state index contributed by atoms with van der Waals surface area (Å²) in [6.45, 7) is 2.82. The lowest BCUT2D eigenvalue weighted by Gasteiger charge is -2.21. The molecule has 1 aromatic carbocycles. The van der Waals surface area contributed by atoms with E-state index in [2.05, 4.69) is 16.0 Å². The highest BCUT2D eigenvalue weighted by atomic mass is 16.2. The Morgan fingerprint density at radius 1 is 1.24 bits per heavy atom. The Bertz CT molecular complexity index is 908. The highest BCUT2D eigenvalue weighted by Crippen LogP contribution is 2.23. The first-order chi connectivity index (χ1) is 12.2. The maximum absolute atomic E-state index is 12.9. The molecule has 0 fully saturated rings. The number of para-hydroxylation sites is 1. The van der Waals surface area contributed by atoms with Crippen LogP contribution in [0.15, 0.2) is 48.7 Å². The van der Waals surface area contributed by atoms with Gasteiger partial charge in [-0.2, -0.15) is 5.26 Å². The third-order valence-corrected chi connectivity index (χ3v) is 4.28. The summed E-state index contributed by atoms with van der Waals surface area (Å²) in [6.07, 6.45) is 2.34. The SMILES string of the molecule is Cc1[nH]c2ccccc2c1CC(=O)N(CCC#N)Cc1ccccn1. The van der Waals surface area contributed by atoms with E-state index in [1.165, 1.54) is 0 Å². The van der Waals surface area contributed by atoms with Crippen LogP contribution >= 0.6 is 0 Å². The number of hydrogen-bond acceptors (Lipinski definition) is 3. The zero-order valence-electron chi connectivity index (χ0n) is 14.2. The number of nitrogens with one attached hydrogen (secondary N) is 1. The molecule has 0 aliphatic carbocycles. The molecule has 1 N–H and O–H groups in total. The minimum Gasteiger partial charge on any atom is -0.358 e. The largest absolute Gasteiger partial charge is 0.358 e. The summed E-state index contributed by atoms with van der Waals surface area (Å²) in [6, 6.07) is 15.8. The molecule has 0 aliphatic heterocycles. The highest BCUT2D eigenvalue weighted by Gasteiger charge is 2.18. The van der Waals surface area contributed by atoms with E-state index < -0.39 is 0 Å². The van der Waals surface area contributed by atoms with Crippen molar-refractivity contribution >= 4 is 16.8 Å². The Morgan fingerprint density at radius 2 is 2.04 bits per heavy atom. The maximum atomic E-state index is 12.9. The average molecular weight is 332 g/mol. The molecule has 0 unspecified atom stereocenters. The van der Waals surface area contributed by atoms with Crippen LogP contribution in [-0.2, 0) is 17.8 Å². The second-order valence-corrected chi connectivity index (χ2v) is 6.00. The fourth-order valence-corrected chi connectivity index (χ4v) is 2.99. The fourth-order valence-electron chi connectivity index (χ4n) is 2.99. The van der Waals surface area contributed by atoms with Crippen molar-refractivity contribution in [3.63, 3.8) is 0 Å². The standard InChI is InChI=1S/C20H20N4O/c1-15-18(17-8-2-3-9-19(17)23-15)13-20(25)24(12-6-10-21)14-16-7-4-5-11-22-16/h2-5,7-9,11,23H,6,12-14H2,1H3. The van der Waals surface area contributed by atoms with Crippen LogP contribution in [0.1, 0.15) is 23.4 Å². The zero-order valence-corrected chi connectivity index (χ0v) is 14.2. The first-order valence-corrected chi connectivity index (χ1v) is 8.30. The lowest BCUT2D eigenvalue weighted by molar-refractivity contribution is -0.131. The Hall–Kier alpha value is -3.13. The van der Waals surface area contributed by atoms with Gasteiger partial charge >= 0.3 is 0 Å². The Morgan fingerprint density at radius 3 is 2.80 bits per heavy atom. The van der Waals surface area contributed by atoms with Gasteiger partial charge in [0.05, 0.1) is 31.1 Å². The van der Waals surface area contributed by atoms with Gasteiger partial charge in [-0.05, 0) is 30.7 Å². The summed E-state index contributed by atoms with van der Waals surface area (Å²) in [5.74, 6) is 0.00811. The molecule has 0 saturated carbocycles. The van der Waals surface area contributed by atoms with E-state index in [-0.39, 0.29) is 5.91 Å². The van der Waals surface area contributed by atoms with E-state index in [1.807, 2.05) is 49.4 Å². The minimum absolute atomic E-state index is 0.00811. The van der Waals surface area contributed by atoms with Gasteiger partial charge in [-0.15, -0.1) is 0 Å². The summed E-state index contributed by atoms with van der Waals surface area (Å²) < 4.78 is 0. The molecule has 2 aromatic heterocycles. The van der Waals surface area contributed by atoms with E-state index in [1.54, 1.807) is 11.1 Å². The predicted octanol–water partition coefficient (Wildman–Crippen LogP) is 3.36. The van der Waals surface area contributed by atoms with Crippen molar-refractivity contribution in [2.45, 2.75) is 26.3 Å². The second-order valence-electron chi connectivity index (χ2n) is 6.00. The van der Waals surface area contributed by atoms with E-state index in [9.17, 15) is 4.79 Å². The van der Waals surface area contributed by atoms with Gasteiger partial charge in [-0.25, -0.2) is 0 Å². The first kappa shape index (κ1) is 16.7. The van der Waals surface area contributed by atoms with Crippen molar-refractivity contribution in [1.29, 1.82) is 5.26 Å². The topological polar surface area (TPSA) is 72.8 Å². The van der Waals surface area contributed by atoms with Gasteiger partial charge in [-0.3, -0.25) is 9.78 Å². The number of aromatic nitrogens is 2. The molecule has 0 bridgehead atoms. The second kappa shape index (κ2) is 7.63. The third-order valence-electron chi connectivity index (χ3n) is 4.28. The number of nitrogens with zero attached hydrogens (tertiary/aromatic N) is 3. The molecule has 2 heterocycles. The van der Waals surface area contributed by atoms with Crippen LogP contribution in [0.2, 0.25) is 0 Å². The minimum atomic E-state index is 0.00811. The molecule has 25 heavy (non-hydrogen) atoms. The van der Waals surface area contributed by atoms with Crippen molar-refractivity contribution in [2.24, 2.45) is 0 Å². The van der Waals surface area contributed by atoms with Gasteiger partial charge in [0.1, 0.15) is 0 Å². The van der Waals surface area contributed by atoms with Gasteiger partial charge < -0.3 is 9.88 Å². The van der Waals surface area contributed by atoms with E-state index >= 15 is 0 Å². The number of aryl methyl sites for hydroxylation is 1. The van der Waals surface area contributed by atoms with Crippen LogP contribution in [0.5, 0.6) is 0 Å². The quantitative estimate of drug-likeness (QED) is 0.752. The van der Waals surface area contributed by atoms with E-state index in [0.717, 1.165) is 27.9 Å². The molecule has 0 aliphatic rings. The smallest absolute Gasteiger partial charge is 0.227 e. The number of carbonyl (C=O) groups is 1. The van der Waals surface area contributed by atoms with Crippen molar-refractivity contribution in [3.8, 4) is 6.07 Å². The first-order valence-electron chi connectivity index (χ1n) is 8.30. The number of nitriles is 1. The normalized spacial score (nSPS) is 10.6. The van der Waals surface area contributed by atoms with Gasteiger partial charge in [-0.1, -0.05) is 24.3 Å². The molecular weight excluding hydrogens is 312 g/mol. The van der Waals surface area contributed by atoms with Gasteiger partial charge in [0.15, 0.2) is 0 Å². The number of H-pyrrole nitrogens is 1. The lowest BCUT2D eigenvalue weighted by atomic mass is 10.1. The summed E-state index contributed by atoms with van der Waals surface area (Å²) in [5, 5.41) is 9.97. The van der Waals surface area contributed by atoms with Crippen LogP contribution in [0.3, 0.4) is 0 Å². The zero-order chi connectivity index (χ0) is 17.6. The number of fused-ring (bicyclic) bond motifs is 1. The molecule has 3 aromatic rings. The third kappa shape index (κ3) is 3.86. The van der Waals surface area contributed by atoms with Crippen LogP contribution in [-0.4, -0.2) is 27.3 Å². The van der Waals surface area contributed by atoms with Gasteiger partial charge in [0.2, 0.25) is 5.91 Å². The number of amides is 1. The van der Waals surface area contributed by atoms with Gasteiger partial charge in [0.25, 0.3) is 0 Å². The molecule has 0 radical (unpaired) electrons. The number of hydrogen-bond donors (Lipinski definition) is 1. The molecule has 0 atom stereocenters. The molecule has 3 rings (SSSR count). The predicted molar refractivity (Wildman–Crippen MR) is 96.6 cm³/mol. The van der Waals surface area contributed by atoms with Crippen LogP contribution < -0.4 is 0 Å². The van der Waals surface area contributed by atoms with Crippen molar-refractivity contribution < 1.29 is 4.79 Å². The van der Waals surface area contributed by atoms with Gasteiger partial charge in [0, 0.05) is 29.3 Å². The average Bonchev–Trinajstić information content (AvgIpc) is 2.95. The molecule has 5 heteroatoms. The summed E-state index contributed by atoms with van der Waals surface area (Å²) >= 11 is 0. The summed E-state index contributed by atoms with van der Waals surface area (Å²) in [5.41, 5.74) is 3.89. The number of aromatic amines is 1. The molecule has 5 nitrogen and oxygen atoms in total. The molecule has 0 saturated heterocycles. The van der Waals surface area contributed by atoms with Crippen molar-refractivity contribution in [1.82, 2.24) is 14.9 Å². The fraction of sp³-hybridized carbons (Fsp3) is 0.250. The number of benzene rings is 1. The maximum Gasteiger partial charge on any atom is 0.227 e. The Kier molecular flexibility index (Phi) is 5.10. The Labute approximate surface area is 146 Å². The Balaban J connectivity index is 1.82.